The minimum absolute atomic E-state index is 0.0313. The highest BCUT2D eigenvalue weighted by atomic mass is 16.5. The van der Waals surface area contributed by atoms with Crippen LogP contribution in [0.3, 0.4) is 0 Å². The van der Waals surface area contributed by atoms with E-state index in [0.717, 1.165) is 77.7 Å². The van der Waals surface area contributed by atoms with Crippen LogP contribution in [0, 0.1) is 5.92 Å². The van der Waals surface area contributed by atoms with Crippen molar-refractivity contribution in [1.29, 1.82) is 0 Å². The number of ether oxygens (including phenoxy) is 1. The number of morpholine rings is 1. The molecule has 0 saturated carbocycles. The first-order chi connectivity index (χ1) is 15.6. The summed E-state index contributed by atoms with van der Waals surface area (Å²) >= 11 is 0. The van der Waals surface area contributed by atoms with E-state index in [-0.39, 0.29) is 12.5 Å². The smallest absolute Gasteiger partial charge is 0.243 e. The van der Waals surface area contributed by atoms with E-state index >= 15 is 0 Å². The highest BCUT2D eigenvalue weighted by molar-refractivity contribution is 5.85. The fraction of sp³-hybridized carbons (Fsp3) is 0.680. The number of hydrogen-bond donors (Lipinski definition) is 1. The average Bonchev–Trinajstić information content (AvgIpc) is 2.84. The number of likely N-dealkylation sites (tertiary alicyclic amines) is 1. The SMILES string of the molecule is CCC1CN(C(=NCC(=O)N(C)C)NCCCN2CCOCC2)CCC1c1ccccc1. The molecule has 7 nitrogen and oxygen atoms in total. The molecule has 1 aromatic rings. The molecule has 0 aromatic heterocycles. The number of aliphatic imine (C=N–C) groups is 1. The summed E-state index contributed by atoms with van der Waals surface area (Å²) in [4.78, 5) is 23.3. The van der Waals surface area contributed by atoms with Crippen LogP contribution in [0.4, 0.5) is 0 Å². The molecule has 0 radical (unpaired) electrons. The minimum Gasteiger partial charge on any atom is -0.379 e. The first kappa shape index (κ1) is 24.5. The van der Waals surface area contributed by atoms with Crippen molar-refractivity contribution in [2.75, 3.05) is 73.1 Å². The van der Waals surface area contributed by atoms with Crippen molar-refractivity contribution in [3.05, 3.63) is 35.9 Å². The van der Waals surface area contributed by atoms with Gasteiger partial charge in [0.05, 0.1) is 13.2 Å². The Morgan fingerprint density at radius 1 is 1.19 bits per heavy atom. The summed E-state index contributed by atoms with van der Waals surface area (Å²) in [5.41, 5.74) is 1.44. The Kier molecular flexibility index (Phi) is 9.81. The maximum atomic E-state index is 12.2. The predicted octanol–water partition coefficient (Wildman–Crippen LogP) is 2.26. The quantitative estimate of drug-likeness (QED) is 0.379. The second kappa shape index (κ2) is 12.8. The molecule has 0 bridgehead atoms. The number of nitrogens with one attached hydrogen (secondary N) is 1. The monoisotopic (exact) mass is 443 g/mol. The van der Waals surface area contributed by atoms with Crippen LogP contribution in [0.15, 0.2) is 35.3 Å². The van der Waals surface area contributed by atoms with E-state index in [0.29, 0.717) is 11.8 Å². The zero-order chi connectivity index (χ0) is 22.8. The Balaban J connectivity index is 1.60. The van der Waals surface area contributed by atoms with Crippen molar-refractivity contribution >= 4 is 11.9 Å². The van der Waals surface area contributed by atoms with Gasteiger partial charge in [0.2, 0.25) is 5.91 Å². The maximum absolute atomic E-state index is 12.2. The molecular formula is C25H41N5O2. The van der Waals surface area contributed by atoms with Crippen LogP contribution in [0.5, 0.6) is 0 Å². The highest BCUT2D eigenvalue weighted by Crippen LogP contribution is 2.34. The van der Waals surface area contributed by atoms with Crippen molar-refractivity contribution in [1.82, 2.24) is 20.0 Å². The van der Waals surface area contributed by atoms with E-state index in [9.17, 15) is 4.79 Å². The molecule has 2 aliphatic heterocycles. The normalized spacial score (nSPS) is 22.6. The lowest BCUT2D eigenvalue weighted by Gasteiger charge is -2.40. The third-order valence-corrected chi connectivity index (χ3v) is 6.69. The number of rotatable bonds is 8. The molecule has 1 amide bonds. The van der Waals surface area contributed by atoms with E-state index < -0.39 is 0 Å². The van der Waals surface area contributed by atoms with Gasteiger partial charge in [-0.3, -0.25) is 9.69 Å². The van der Waals surface area contributed by atoms with Crippen LogP contribution >= 0.6 is 0 Å². The number of hydrogen-bond acceptors (Lipinski definition) is 4. The van der Waals surface area contributed by atoms with E-state index in [1.54, 1.807) is 19.0 Å². The summed E-state index contributed by atoms with van der Waals surface area (Å²) in [6.07, 6.45) is 3.30. The van der Waals surface area contributed by atoms with E-state index in [2.05, 4.69) is 52.4 Å². The Hall–Kier alpha value is -2.12. The van der Waals surface area contributed by atoms with Crippen LogP contribution in [-0.2, 0) is 9.53 Å². The zero-order valence-corrected chi connectivity index (χ0v) is 20.1. The minimum atomic E-state index is 0.0313. The molecule has 7 heteroatoms. The zero-order valence-electron chi connectivity index (χ0n) is 20.1. The van der Waals surface area contributed by atoms with Gasteiger partial charge >= 0.3 is 0 Å². The number of piperidine rings is 1. The Labute approximate surface area is 193 Å². The van der Waals surface area contributed by atoms with Gasteiger partial charge in [0.15, 0.2) is 5.96 Å². The van der Waals surface area contributed by atoms with Crippen LogP contribution in [-0.4, -0.2) is 99.7 Å². The van der Waals surface area contributed by atoms with Crippen LogP contribution in [0.1, 0.15) is 37.7 Å². The van der Waals surface area contributed by atoms with Gasteiger partial charge in [-0.1, -0.05) is 43.7 Å². The van der Waals surface area contributed by atoms with E-state index in [4.69, 9.17) is 9.73 Å². The molecule has 0 aliphatic carbocycles. The van der Waals surface area contributed by atoms with Crippen LogP contribution < -0.4 is 5.32 Å². The largest absolute Gasteiger partial charge is 0.379 e. The van der Waals surface area contributed by atoms with Gasteiger partial charge < -0.3 is 19.9 Å². The predicted molar refractivity (Wildman–Crippen MR) is 130 cm³/mol. The molecule has 2 saturated heterocycles. The van der Waals surface area contributed by atoms with Gasteiger partial charge in [-0.25, -0.2) is 4.99 Å². The molecule has 1 aromatic carbocycles. The number of nitrogens with zero attached hydrogens (tertiary/aromatic N) is 4. The van der Waals surface area contributed by atoms with Crippen molar-refractivity contribution in [3.8, 4) is 0 Å². The third kappa shape index (κ3) is 7.20. The molecule has 2 aliphatic rings. The Morgan fingerprint density at radius 2 is 1.94 bits per heavy atom. The van der Waals surface area contributed by atoms with Gasteiger partial charge in [-0.2, -0.15) is 0 Å². The van der Waals surface area contributed by atoms with Gasteiger partial charge in [0, 0.05) is 46.8 Å². The molecule has 32 heavy (non-hydrogen) atoms. The standard InChI is InChI=1S/C25H41N5O2/c1-4-21-20-30(14-11-23(21)22-9-6-5-7-10-22)25(27-19-24(31)28(2)3)26-12-8-13-29-15-17-32-18-16-29/h5-7,9-10,21,23H,4,8,11-20H2,1-3H3,(H,26,27). The summed E-state index contributed by atoms with van der Waals surface area (Å²) in [7, 11) is 3.57. The molecule has 2 fully saturated rings. The lowest BCUT2D eigenvalue weighted by molar-refractivity contribution is -0.127. The topological polar surface area (TPSA) is 60.4 Å². The molecule has 2 atom stereocenters. The van der Waals surface area contributed by atoms with Gasteiger partial charge in [-0.15, -0.1) is 0 Å². The summed E-state index contributed by atoms with van der Waals surface area (Å²) in [5.74, 6) is 2.08. The average molecular weight is 444 g/mol. The number of carbonyl (C=O) groups is 1. The summed E-state index contributed by atoms with van der Waals surface area (Å²) in [6.45, 7) is 10.0. The fourth-order valence-electron chi connectivity index (χ4n) is 4.66. The molecular weight excluding hydrogens is 402 g/mol. The lowest BCUT2D eigenvalue weighted by atomic mass is 9.79. The maximum Gasteiger partial charge on any atom is 0.243 e. The summed E-state index contributed by atoms with van der Waals surface area (Å²) in [6, 6.07) is 10.9. The fourth-order valence-corrected chi connectivity index (χ4v) is 4.66. The molecule has 3 rings (SSSR count). The summed E-state index contributed by atoms with van der Waals surface area (Å²) in [5, 5.41) is 3.57. The van der Waals surface area contributed by atoms with Crippen LogP contribution in [0.2, 0.25) is 0 Å². The number of carbonyl (C=O) groups excluding carboxylic acids is 1. The second-order valence-corrected chi connectivity index (χ2v) is 9.08. The molecule has 178 valence electrons. The number of benzene rings is 1. The van der Waals surface area contributed by atoms with Gasteiger partial charge in [0.25, 0.3) is 0 Å². The van der Waals surface area contributed by atoms with Crippen molar-refractivity contribution in [3.63, 3.8) is 0 Å². The van der Waals surface area contributed by atoms with E-state index in [1.807, 2.05) is 0 Å². The molecule has 2 unspecified atom stereocenters. The van der Waals surface area contributed by atoms with Crippen molar-refractivity contribution in [2.24, 2.45) is 10.9 Å². The second-order valence-electron chi connectivity index (χ2n) is 9.08. The third-order valence-electron chi connectivity index (χ3n) is 6.69. The molecule has 1 N–H and O–H groups in total. The van der Waals surface area contributed by atoms with Gasteiger partial charge in [0.1, 0.15) is 6.54 Å². The van der Waals surface area contributed by atoms with E-state index in [1.165, 1.54) is 5.56 Å². The Bertz CT molecular complexity index is 718. The van der Waals surface area contributed by atoms with Gasteiger partial charge in [-0.05, 0) is 36.8 Å². The number of guanidine groups is 1. The number of amides is 1. The first-order valence-corrected chi connectivity index (χ1v) is 12.2. The first-order valence-electron chi connectivity index (χ1n) is 12.2. The van der Waals surface area contributed by atoms with Crippen molar-refractivity contribution in [2.45, 2.75) is 32.1 Å². The highest BCUT2D eigenvalue weighted by Gasteiger charge is 2.30. The Morgan fingerprint density at radius 3 is 2.62 bits per heavy atom. The van der Waals surface area contributed by atoms with Crippen LogP contribution in [0.25, 0.3) is 0 Å². The molecule has 2 heterocycles. The number of likely N-dealkylation sites (N-methyl/N-ethyl adjacent to an activating group) is 1. The lowest BCUT2D eigenvalue weighted by Crippen LogP contribution is -2.49. The van der Waals surface area contributed by atoms with Crippen molar-refractivity contribution < 1.29 is 9.53 Å². The molecule has 0 spiro atoms. The summed E-state index contributed by atoms with van der Waals surface area (Å²) < 4.78 is 5.44.